The maximum absolute atomic E-state index is 12.5. The van der Waals surface area contributed by atoms with Crippen molar-refractivity contribution in [3.8, 4) is 11.5 Å². The highest BCUT2D eigenvalue weighted by Crippen LogP contribution is 2.36. The molecule has 0 atom stereocenters. The van der Waals surface area contributed by atoms with Crippen LogP contribution >= 0.6 is 15.9 Å². The lowest BCUT2D eigenvalue weighted by Gasteiger charge is -2.19. The Bertz CT molecular complexity index is 694. The molecule has 2 aromatic rings. The van der Waals surface area contributed by atoms with Crippen molar-refractivity contribution >= 4 is 21.7 Å². The number of benzene rings is 2. The van der Waals surface area contributed by atoms with Gasteiger partial charge >= 0.3 is 0 Å². The standard InChI is InChI=1S/C17H15BrO3/c1-11-3-2-4-12(7-11)8-15(19)13-9-16-17(10-14(13)18)21-6-5-20-16/h2-4,7,9-10H,5-6,8H2,1H3. The van der Waals surface area contributed by atoms with E-state index in [-0.39, 0.29) is 5.78 Å². The Morgan fingerprint density at radius 2 is 1.86 bits per heavy atom. The first-order chi connectivity index (χ1) is 10.1. The molecular weight excluding hydrogens is 332 g/mol. The van der Waals surface area contributed by atoms with Crippen molar-refractivity contribution in [2.45, 2.75) is 13.3 Å². The molecule has 0 aromatic heterocycles. The van der Waals surface area contributed by atoms with Crippen molar-refractivity contribution in [3.63, 3.8) is 0 Å². The Labute approximate surface area is 132 Å². The van der Waals surface area contributed by atoms with E-state index in [1.165, 1.54) is 0 Å². The summed E-state index contributed by atoms with van der Waals surface area (Å²) in [4.78, 5) is 12.5. The molecule has 0 unspecified atom stereocenters. The monoisotopic (exact) mass is 346 g/mol. The second kappa shape index (κ2) is 5.90. The van der Waals surface area contributed by atoms with Crippen LogP contribution in [-0.2, 0) is 6.42 Å². The third kappa shape index (κ3) is 3.10. The fourth-order valence-corrected chi connectivity index (χ4v) is 2.92. The van der Waals surface area contributed by atoms with E-state index in [1.807, 2.05) is 31.2 Å². The van der Waals surface area contributed by atoms with Crippen molar-refractivity contribution in [2.24, 2.45) is 0 Å². The highest BCUT2D eigenvalue weighted by atomic mass is 79.9. The third-order valence-corrected chi connectivity index (χ3v) is 4.04. The van der Waals surface area contributed by atoms with E-state index in [0.29, 0.717) is 36.7 Å². The van der Waals surface area contributed by atoms with Crippen LogP contribution in [0.15, 0.2) is 40.9 Å². The zero-order valence-corrected chi connectivity index (χ0v) is 13.3. The van der Waals surface area contributed by atoms with Crippen molar-refractivity contribution in [3.05, 3.63) is 57.6 Å². The molecule has 1 aliphatic heterocycles. The summed E-state index contributed by atoms with van der Waals surface area (Å²) >= 11 is 3.45. The highest BCUT2D eigenvalue weighted by molar-refractivity contribution is 9.10. The predicted molar refractivity (Wildman–Crippen MR) is 84.3 cm³/mol. The quantitative estimate of drug-likeness (QED) is 0.789. The molecular formula is C17H15BrO3. The topological polar surface area (TPSA) is 35.5 Å². The lowest BCUT2D eigenvalue weighted by atomic mass is 10.0. The number of fused-ring (bicyclic) bond motifs is 1. The third-order valence-electron chi connectivity index (χ3n) is 3.38. The molecule has 0 spiro atoms. The van der Waals surface area contributed by atoms with Gasteiger partial charge in [0.2, 0.25) is 0 Å². The number of ether oxygens (including phenoxy) is 2. The molecule has 3 rings (SSSR count). The van der Waals surface area contributed by atoms with Crippen LogP contribution in [0.3, 0.4) is 0 Å². The first-order valence-corrected chi connectivity index (χ1v) is 7.60. The zero-order chi connectivity index (χ0) is 14.8. The van der Waals surface area contributed by atoms with E-state index >= 15 is 0 Å². The van der Waals surface area contributed by atoms with Crippen LogP contribution in [0.25, 0.3) is 0 Å². The van der Waals surface area contributed by atoms with Crippen LogP contribution in [0.1, 0.15) is 21.5 Å². The number of carbonyl (C=O) groups excluding carboxylic acids is 1. The maximum atomic E-state index is 12.5. The average Bonchev–Trinajstić information content (AvgIpc) is 2.46. The minimum Gasteiger partial charge on any atom is -0.486 e. The molecule has 3 nitrogen and oxygen atoms in total. The Morgan fingerprint density at radius 1 is 1.14 bits per heavy atom. The molecule has 0 fully saturated rings. The van der Waals surface area contributed by atoms with Gasteiger partial charge in [0.15, 0.2) is 17.3 Å². The summed E-state index contributed by atoms with van der Waals surface area (Å²) in [5, 5.41) is 0. The number of aryl methyl sites for hydroxylation is 1. The van der Waals surface area contributed by atoms with Gasteiger partial charge in [-0.3, -0.25) is 4.79 Å². The van der Waals surface area contributed by atoms with E-state index < -0.39 is 0 Å². The molecule has 1 heterocycles. The summed E-state index contributed by atoms with van der Waals surface area (Å²) in [5.74, 6) is 1.38. The van der Waals surface area contributed by atoms with Crippen LogP contribution < -0.4 is 9.47 Å². The normalized spacial score (nSPS) is 13.0. The fraction of sp³-hybridized carbons (Fsp3) is 0.235. The Morgan fingerprint density at radius 3 is 2.57 bits per heavy atom. The number of rotatable bonds is 3. The molecule has 108 valence electrons. The summed E-state index contributed by atoms with van der Waals surface area (Å²) in [5.41, 5.74) is 2.80. The fourth-order valence-electron chi connectivity index (χ4n) is 2.38. The van der Waals surface area contributed by atoms with E-state index in [9.17, 15) is 4.79 Å². The first-order valence-electron chi connectivity index (χ1n) is 6.81. The number of hydrogen-bond donors (Lipinski definition) is 0. The number of ketones is 1. The van der Waals surface area contributed by atoms with E-state index in [4.69, 9.17) is 9.47 Å². The van der Waals surface area contributed by atoms with Gasteiger partial charge in [0.25, 0.3) is 0 Å². The van der Waals surface area contributed by atoms with Gasteiger partial charge in [0, 0.05) is 16.5 Å². The molecule has 0 saturated heterocycles. The summed E-state index contributed by atoms with van der Waals surface area (Å²) in [6.45, 7) is 3.07. The van der Waals surface area contributed by atoms with E-state index in [0.717, 1.165) is 15.6 Å². The van der Waals surface area contributed by atoms with Gasteiger partial charge < -0.3 is 9.47 Å². The molecule has 0 radical (unpaired) electrons. The van der Waals surface area contributed by atoms with Gasteiger partial charge in [-0.2, -0.15) is 0 Å². The number of carbonyl (C=O) groups is 1. The molecule has 0 amide bonds. The minimum atomic E-state index is 0.0597. The van der Waals surface area contributed by atoms with Gasteiger partial charge in [0.1, 0.15) is 13.2 Å². The second-order valence-electron chi connectivity index (χ2n) is 5.06. The van der Waals surface area contributed by atoms with Crippen molar-refractivity contribution in [1.82, 2.24) is 0 Å². The van der Waals surface area contributed by atoms with Gasteiger partial charge in [-0.05, 0) is 40.5 Å². The minimum absolute atomic E-state index is 0.0597. The largest absolute Gasteiger partial charge is 0.486 e. The molecule has 4 heteroatoms. The summed E-state index contributed by atoms with van der Waals surface area (Å²) < 4.78 is 11.8. The Hall–Kier alpha value is -1.81. The predicted octanol–water partition coefficient (Wildman–Crippen LogP) is 3.95. The molecule has 2 aromatic carbocycles. The number of Topliss-reactive ketones (excluding diaryl/α,β-unsaturated/α-hetero) is 1. The first kappa shape index (κ1) is 14.1. The summed E-state index contributed by atoms with van der Waals surface area (Å²) in [7, 11) is 0. The smallest absolute Gasteiger partial charge is 0.168 e. The second-order valence-corrected chi connectivity index (χ2v) is 5.92. The summed E-state index contributed by atoms with van der Waals surface area (Å²) in [6, 6.07) is 11.6. The Balaban J connectivity index is 1.87. The average molecular weight is 347 g/mol. The highest BCUT2D eigenvalue weighted by Gasteiger charge is 2.18. The van der Waals surface area contributed by atoms with Gasteiger partial charge in [0.05, 0.1) is 0 Å². The van der Waals surface area contributed by atoms with Crippen LogP contribution in [0, 0.1) is 6.92 Å². The lowest BCUT2D eigenvalue weighted by molar-refractivity contribution is 0.0991. The number of halogens is 1. The van der Waals surface area contributed by atoms with Crippen LogP contribution in [0.5, 0.6) is 11.5 Å². The molecule has 0 bridgehead atoms. The zero-order valence-electron chi connectivity index (χ0n) is 11.7. The van der Waals surface area contributed by atoms with E-state index in [1.54, 1.807) is 12.1 Å². The maximum Gasteiger partial charge on any atom is 0.168 e. The van der Waals surface area contributed by atoms with Gasteiger partial charge in [-0.15, -0.1) is 0 Å². The number of hydrogen-bond acceptors (Lipinski definition) is 3. The summed E-state index contributed by atoms with van der Waals surface area (Å²) in [6.07, 6.45) is 0.375. The SMILES string of the molecule is Cc1cccc(CC(=O)c2cc3c(cc2Br)OCCO3)c1. The molecule has 0 aliphatic carbocycles. The van der Waals surface area contributed by atoms with Gasteiger partial charge in [-0.25, -0.2) is 0 Å². The molecule has 0 N–H and O–H groups in total. The van der Waals surface area contributed by atoms with Crippen LogP contribution in [0.4, 0.5) is 0 Å². The van der Waals surface area contributed by atoms with Gasteiger partial charge in [-0.1, -0.05) is 29.8 Å². The lowest BCUT2D eigenvalue weighted by Crippen LogP contribution is -2.16. The molecule has 1 aliphatic rings. The van der Waals surface area contributed by atoms with E-state index in [2.05, 4.69) is 15.9 Å². The van der Waals surface area contributed by atoms with Crippen LogP contribution in [0.2, 0.25) is 0 Å². The van der Waals surface area contributed by atoms with Crippen molar-refractivity contribution in [2.75, 3.05) is 13.2 Å². The van der Waals surface area contributed by atoms with Crippen molar-refractivity contribution < 1.29 is 14.3 Å². The van der Waals surface area contributed by atoms with Crippen LogP contribution in [-0.4, -0.2) is 19.0 Å². The Kier molecular flexibility index (Phi) is 3.97. The van der Waals surface area contributed by atoms with Crippen molar-refractivity contribution in [1.29, 1.82) is 0 Å². The molecule has 21 heavy (non-hydrogen) atoms. The molecule has 0 saturated carbocycles.